The number of urea groups is 1. The zero-order valence-electron chi connectivity index (χ0n) is 15.1. The molecule has 0 saturated carbocycles. The van der Waals surface area contributed by atoms with E-state index < -0.39 is 0 Å². The van der Waals surface area contributed by atoms with Crippen LogP contribution < -0.4 is 15.5 Å². The number of benzene rings is 1. The van der Waals surface area contributed by atoms with Gasteiger partial charge in [0.05, 0.1) is 0 Å². The van der Waals surface area contributed by atoms with Crippen molar-refractivity contribution in [2.24, 2.45) is 5.92 Å². The van der Waals surface area contributed by atoms with E-state index in [1.165, 1.54) is 18.5 Å². The lowest BCUT2D eigenvalue weighted by Crippen LogP contribution is -2.49. The molecule has 6 heteroatoms. The number of likely N-dealkylation sites (N-methyl/N-ethyl adjacent to an activating group) is 1. The van der Waals surface area contributed by atoms with Crippen molar-refractivity contribution in [3.05, 3.63) is 24.3 Å². The van der Waals surface area contributed by atoms with Crippen LogP contribution in [0.4, 0.5) is 16.2 Å². The Morgan fingerprint density at radius 3 is 2.44 bits per heavy atom. The molecule has 0 radical (unpaired) electrons. The highest BCUT2D eigenvalue weighted by Crippen LogP contribution is 2.24. The Morgan fingerprint density at radius 2 is 1.80 bits per heavy atom. The van der Waals surface area contributed by atoms with Crippen LogP contribution in [0, 0.1) is 5.92 Å². The summed E-state index contributed by atoms with van der Waals surface area (Å²) >= 11 is 0. The number of carbonyl (C=O) groups is 2. The average molecular weight is 344 g/mol. The number of carbonyl (C=O) groups excluding carboxylic acids is 2. The Bertz CT molecular complexity index is 608. The van der Waals surface area contributed by atoms with Gasteiger partial charge in [-0.05, 0) is 49.4 Å². The first-order chi connectivity index (χ1) is 12.0. The Balaban J connectivity index is 1.49. The number of hydrogen-bond acceptors (Lipinski definition) is 3. The van der Waals surface area contributed by atoms with Gasteiger partial charge in [-0.25, -0.2) is 4.79 Å². The molecule has 1 atom stereocenters. The van der Waals surface area contributed by atoms with Crippen LogP contribution in [-0.4, -0.2) is 49.6 Å². The van der Waals surface area contributed by atoms with Crippen molar-refractivity contribution in [1.29, 1.82) is 0 Å². The first-order valence-corrected chi connectivity index (χ1v) is 9.18. The topological polar surface area (TPSA) is 64.7 Å². The molecule has 2 saturated heterocycles. The number of nitrogens with zero attached hydrogens (tertiary/aromatic N) is 2. The van der Waals surface area contributed by atoms with Gasteiger partial charge in [0, 0.05) is 50.5 Å². The number of piperidine rings is 2. The molecule has 0 aliphatic carbocycles. The zero-order chi connectivity index (χ0) is 17.8. The molecule has 3 rings (SSSR count). The maximum absolute atomic E-state index is 12.2. The van der Waals surface area contributed by atoms with E-state index in [1.807, 2.05) is 12.1 Å². The summed E-state index contributed by atoms with van der Waals surface area (Å²) < 4.78 is 0. The molecule has 2 heterocycles. The summed E-state index contributed by atoms with van der Waals surface area (Å²) in [6, 6.07) is 7.83. The highest BCUT2D eigenvalue weighted by Gasteiger charge is 2.24. The van der Waals surface area contributed by atoms with Crippen molar-refractivity contribution in [3.8, 4) is 0 Å². The molecular formula is C19H28N4O2. The molecule has 0 bridgehead atoms. The second kappa shape index (κ2) is 7.76. The van der Waals surface area contributed by atoms with Crippen LogP contribution in [-0.2, 0) is 4.79 Å². The summed E-state index contributed by atoms with van der Waals surface area (Å²) in [7, 11) is 1.77. The minimum atomic E-state index is -0.215. The average Bonchev–Trinajstić information content (AvgIpc) is 2.60. The summed E-state index contributed by atoms with van der Waals surface area (Å²) in [4.78, 5) is 27.7. The van der Waals surface area contributed by atoms with E-state index in [9.17, 15) is 9.59 Å². The summed E-state index contributed by atoms with van der Waals surface area (Å²) in [6.07, 6.45) is 3.66. The SMILES string of the molecule is CC1CCN(c2ccc(NC(=O)NC3CCC(=O)N(C)C3)cc2)CC1. The van der Waals surface area contributed by atoms with Gasteiger partial charge in [-0.1, -0.05) is 6.92 Å². The van der Waals surface area contributed by atoms with Crippen LogP contribution in [0.5, 0.6) is 0 Å². The second-order valence-corrected chi connectivity index (χ2v) is 7.32. The molecule has 6 nitrogen and oxygen atoms in total. The third-order valence-corrected chi connectivity index (χ3v) is 5.24. The van der Waals surface area contributed by atoms with Gasteiger partial charge in [-0.15, -0.1) is 0 Å². The molecule has 2 N–H and O–H groups in total. The molecule has 136 valence electrons. The van der Waals surface area contributed by atoms with E-state index >= 15 is 0 Å². The van der Waals surface area contributed by atoms with E-state index in [0.29, 0.717) is 19.4 Å². The van der Waals surface area contributed by atoms with Crippen molar-refractivity contribution < 1.29 is 9.59 Å². The Labute approximate surface area is 149 Å². The van der Waals surface area contributed by atoms with E-state index in [0.717, 1.165) is 24.7 Å². The minimum absolute atomic E-state index is 0.0114. The summed E-state index contributed by atoms with van der Waals surface area (Å²) in [6.45, 7) is 5.08. The van der Waals surface area contributed by atoms with Crippen molar-refractivity contribution in [3.63, 3.8) is 0 Å². The highest BCUT2D eigenvalue weighted by atomic mass is 16.2. The second-order valence-electron chi connectivity index (χ2n) is 7.32. The fourth-order valence-electron chi connectivity index (χ4n) is 3.51. The molecule has 25 heavy (non-hydrogen) atoms. The van der Waals surface area contributed by atoms with Crippen molar-refractivity contribution in [1.82, 2.24) is 10.2 Å². The number of rotatable bonds is 3. The first kappa shape index (κ1) is 17.6. The van der Waals surface area contributed by atoms with Gasteiger partial charge in [-0.3, -0.25) is 4.79 Å². The molecular weight excluding hydrogens is 316 g/mol. The smallest absolute Gasteiger partial charge is 0.319 e. The largest absolute Gasteiger partial charge is 0.372 e. The van der Waals surface area contributed by atoms with E-state index in [1.54, 1.807) is 11.9 Å². The Hall–Kier alpha value is -2.24. The monoisotopic (exact) mass is 344 g/mol. The van der Waals surface area contributed by atoms with Crippen LogP contribution in [0.25, 0.3) is 0 Å². The third-order valence-electron chi connectivity index (χ3n) is 5.24. The van der Waals surface area contributed by atoms with Crippen molar-refractivity contribution in [2.45, 2.75) is 38.6 Å². The van der Waals surface area contributed by atoms with Crippen LogP contribution in [0.3, 0.4) is 0 Å². The molecule has 0 spiro atoms. The lowest BCUT2D eigenvalue weighted by Gasteiger charge is -2.32. The van der Waals surface area contributed by atoms with E-state index in [-0.39, 0.29) is 18.0 Å². The summed E-state index contributed by atoms with van der Waals surface area (Å²) in [5.74, 6) is 0.955. The molecule has 1 unspecified atom stereocenters. The van der Waals surface area contributed by atoms with Crippen molar-refractivity contribution in [2.75, 3.05) is 36.9 Å². The van der Waals surface area contributed by atoms with Gasteiger partial charge >= 0.3 is 6.03 Å². The highest BCUT2D eigenvalue weighted by molar-refractivity contribution is 5.90. The Morgan fingerprint density at radius 1 is 1.12 bits per heavy atom. The lowest BCUT2D eigenvalue weighted by atomic mass is 9.99. The number of likely N-dealkylation sites (tertiary alicyclic amines) is 1. The number of amides is 3. The fourth-order valence-corrected chi connectivity index (χ4v) is 3.51. The number of nitrogens with one attached hydrogen (secondary N) is 2. The molecule has 1 aromatic carbocycles. The summed E-state index contributed by atoms with van der Waals surface area (Å²) in [5.41, 5.74) is 2.00. The predicted molar refractivity (Wildman–Crippen MR) is 99.9 cm³/mol. The van der Waals surface area contributed by atoms with Gasteiger partial charge in [0.1, 0.15) is 0 Å². The zero-order valence-corrected chi connectivity index (χ0v) is 15.1. The quantitative estimate of drug-likeness (QED) is 0.886. The van der Waals surface area contributed by atoms with E-state index in [4.69, 9.17) is 0 Å². The molecule has 2 fully saturated rings. The molecule has 1 aromatic rings. The normalized spacial score (nSPS) is 22.0. The van der Waals surface area contributed by atoms with Gasteiger partial charge in [0.2, 0.25) is 5.91 Å². The van der Waals surface area contributed by atoms with Crippen LogP contribution in [0.1, 0.15) is 32.6 Å². The van der Waals surface area contributed by atoms with Crippen LogP contribution >= 0.6 is 0 Å². The Kier molecular flexibility index (Phi) is 5.46. The van der Waals surface area contributed by atoms with E-state index in [2.05, 4.69) is 34.6 Å². The minimum Gasteiger partial charge on any atom is -0.372 e. The standard InChI is InChI=1S/C19H28N4O2/c1-14-9-11-23(12-10-14)17-6-3-15(4-7-17)20-19(25)21-16-5-8-18(24)22(2)13-16/h3-4,6-7,14,16H,5,8-13H2,1-2H3,(H2,20,21,25). The number of hydrogen-bond donors (Lipinski definition) is 2. The molecule has 2 aliphatic heterocycles. The van der Waals surface area contributed by atoms with Gasteiger partial charge in [0.15, 0.2) is 0 Å². The first-order valence-electron chi connectivity index (χ1n) is 9.18. The summed E-state index contributed by atoms with van der Waals surface area (Å²) in [5, 5.41) is 5.83. The van der Waals surface area contributed by atoms with Gasteiger partial charge in [-0.2, -0.15) is 0 Å². The predicted octanol–water partition coefficient (Wildman–Crippen LogP) is 2.67. The van der Waals surface area contributed by atoms with Gasteiger partial charge < -0.3 is 20.4 Å². The number of anilines is 2. The lowest BCUT2D eigenvalue weighted by molar-refractivity contribution is -0.132. The van der Waals surface area contributed by atoms with Gasteiger partial charge in [0.25, 0.3) is 0 Å². The third kappa shape index (κ3) is 4.65. The van der Waals surface area contributed by atoms with Crippen molar-refractivity contribution >= 4 is 23.3 Å². The fraction of sp³-hybridized carbons (Fsp3) is 0.579. The maximum atomic E-state index is 12.2. The van der Waals surface area contributed by atoms with Crippen LogP contribution in [0.2, 0.25) is 0 Å². The molecule has 3 amide bonds. The van der Waals surface area contributed by atoms with Crippen LogP contribution in [0.15, 0.2) is 24.3 Å². The molecule has 2 aliphatic rings. The maximum Gasteiger partial charge on any atom is 0.319 e. The molecule has 0 aromatic heterocycles.